The summed E-state index contributed by atoms with van der Waals surface area (Å²) in [5.74, 6) is -0.352. The Hall–Kier alpha value is -0.830. The topological polar surface area (TPSA) is 12.9 Å². The quantitative estimate of drug-likeness (QED) is 0.661. The van der Waals surface area contributed by atoms with Crippen LogP contribution < -0.4 is 0 Å². The fraction of sp³-hybridized carbons (Fsp3) is 0.0833. The summed E-state index contributed by atoms with van der Waals surface area (Å²) in [6.07, 6.45) is 0. The van der Waals surface area contributed by atoms with Gasteiger partial charge in [-0.25, -0.2) is 9.37 Å². The van der Waals surface area contributed by atoms with Gasteiger partial charge >= 0.3 is 0 Å². The van der Waals surface area contributed by atoms with Crippen molar-refractivity contribution in [2.24, 2.45) is 0 Å². The molecular weight excluding hydrogens is 283 g/mol. The van der Waals surface area contributed by atoms with Gasteiger partial charge in [0, 0.05) is 5.56 Å². The molecule has 2 rings (SSSR count). The van der Waals surface area contributed by atoms with Gasteiger partial charge < -0.3 is 0 Å². The molecule has 1 aromatic heterocycles. The van der Waals surface area contributed by atoms with Crippen LogP contribution in [-0.4, -0.2) is 4.98 Å². The first kappa shape index (κ1) is 12.6. The summed E-state index contributed by atoms with van der Waals surface area (Å²) in [4.78, 5) is 4.08. The van der Waals surface area contributed by atoms with Gasteiger partial charge in [0.15, 0.2) is 0 Å². The molecule has 1 nitrogen and oxygen atoms in total. The van der Waals surface area contributed by atoms with Crippen LogP contribution in [0.2, 0.25) is 15.2 Å². The highest BCUT2D eigenvalue weighted by Crippen LogP contribution is 2.33. The van der Waals surface area contributed by atoms with E-state index in [1.54, 1.807) is 6.07 Å². The number of hydrogen-bond acceptors (Lipinski definition) is 1. The molecule has 0 saturated heterocycles. The molecular formula is C12H7Cl3FN. The van der Waals surface area contributed by atoms with Crippen LogP contribution >= 0.6 is 34.8 Å². The largest absolute Gasteiger partial charge is 0.233 e. The molecule has 17 heavy (non-hydrogen) atoms. The highest BCUT2D eigenvalue weighted by molar-refractivity contribution is 6.43. The zero-order valence-electron chi connectivity index (χ0n) is 8.77. The maximum Gasteiger partial charge on any atom is 0.148 e. The Bertz CT molecular complexity index is 584. The summed E-state index contributed by atoms with van der Waals surface area (Å²) in [7, 11) is 0. The van der Waals surface area contributed by atoms with Crippen LogP contribution in [0, 0.1) is 12.7 Å². The summed E-state index contributed by atoms with van der Waals surface area (Å²) in [6.45, 7) is 1.84. The normalized spacial score (nSPS) is 10.6. The molecule has 0 aliphatic heterocycles. The maximum absolute atomic E-state index is 13.2. The van der Waals surface area contributed by atoms with Crippen molar-refractivity contribution in [1.82, 2.24) is 4.98 Å². The van der Waals surface area contributed by atoms with Gasteiger partial charge in [0.05, 0.1) is 15.7 Å². The average Bonchev–Trinajstić information content (AvgIpc) is 2.27. The van der Waals surface area contributed by atoms with Crippen LogP contribution in [-0.2, 0) is 0 Å². The van der Waals surface area contributed by atoms with E-state index < -0.39 is 0 Å². The fourth-order valence-corrected chi connectivity index (χ4v) is 2.08. The molecule has 0 saturated carbocycles. The van der Waals surface area contributed by atoms with Crippen molar-refractivity contribution < 1.29 is 4.39 Å². The SMILES string of the molecule is Cc1ccc(F)cc1-c1nc(Cl)c(Cl)cc1Cl. The molecule has 0 aliphatic rings. The Morgan fingerprint density at radius 3 is 2.47 bits per heavy atom. The summed E-state index contributed by atoms with van der Waals surface area (Å²) in [5.41, 5.74) is 1.89. The second-order valence-corrected chi connectivity index (χ2v) is 4.72. The zero-order valence-corrected chi connectivity index (χ0v) is 11.0. The first-order valence-corrected chi connectivity index (χ1v) is 5.90. The number of hydrogen-bond donors (Lipinski definition) is 0. The minimum Gasteiger partial charge on any atom is -0.233 e. The number of rotatable bonds is 1. The summed E-state index contributed by atoms with van der Waals surface area (Å²) >= 11 is 17.7. The molecule has 0 bridgehead atoms. The Morgan fingerprint density at radius 1 is 1.06 bits per heavy atom. The second-order valence-electron chi connectivity index (χ2n) is 3.55. The van der Waals surface area contributed by atoms with Crippen molar-refractivity contribution in [2.45, 2.75) is 6.92 Å². The molecule has 0 radical (unpaired) electrons. The van der Waals surface area contributed by atoms with E-state index in [0.29, 0.717) is 16.3 Å². The van der Waals surface area contributed by atoms with E-state index in [4.69, 9.17) is 34.8 Å². The summed E-state index contributed by atoms with van der Waals surface area (Å²) < 4.78 is 13.2. The minimum atomic E-state index is -0.352. The van der Waals surface area contributed by atoms with Crippen LogP contribution in [0.3, 0.4) is 0 Å². The Labute approximate surface area is 113 Å². The van der Waals surface area contributed by atoms with E-state index in [9.17, 15) is 4.39 Å². The molecule has 0 amide bonds. The molecule has 0 fully saturated rings. The Kier molecular flexibility index (Phi) is 3.57. The van der Waals surface area contributed by atoms with Gasteiger partial charge in [0.1, 0.15) is 11.0 Å². The number of aromatic nitrogens is 1. The lowest BCUT2D eigenvalue weighted by Gasteiger charge is -2.08. The smallest absolute Gasteiger partial charge is 0.148 e. The van der Waals surface area contributed by atoms with Crippen molar-refractivity contribution in [3.05, 3.63) is 50.8 Å². The third-order valence-corrected chi connectivity index (χ3v) is 3.30. The van der Waals surface area contributed by atoms with Gasteiger partial charge in [0.25, 0.3) is 0 Å². The molecule has 2 aromatic rings. The first-order valence-electron chi connectivity index (χ1n) is 4.77. The van der Waals surface area contributed by atoms with Gasteiger partial charge in [0.2, 0.25) is 0 Å². The lowest BCUT2D eigenvalue weighted by molar-refractivity contribution is 0.628. The van der Waals surface area contributed by atoms with Crippen LogP contribution in [0.15, 0.2) is 24.3 Å². The number of halogens is 4. The van der Waals surface area contributed by atoms with Crippen molar-refractivity contribution in [2.75, 3.05) is 0 Å². The maximum atomic E-state index is 13.2. The molecule has 0 spiro atoms. The van der Waals surface area contributed by atoms with E-state index >= 15 is 0 Å². The summed E-state index contributed by atoms with van der Waals surface area (Å²) in [5, 5.41) is 0.761. The standard InChI is InChI=1S/C12H7Cl3FN/c1-6-2-3-7(16)4-8(6)11-9(13)5-10(14)12(15)17-11/h2-5H,1H3. The van der Waals surface area contributed by atoms with Gasteiger partial charge in [-0.1, -0.05) is 40.9 Å². The zero-order chi connectivity index (χ0) is 12.6. The lowest BCUT2D eigenvalue weighted by atomic mass is 10.1. The van der Waals surface area contributed by atoms with E-state index in [1.165, 1.54) is 18.2 Å². The monoisotopic (exact) mass is 289 g/mol. The van der Waals surface area contributed by atoms with Gasteiger partial charge in [-0.15, -0.1) is 0 Å². The Morgan fingerprint density at radius 2 is 1.76 bits per heavy atom. The second kappa shape index (κ2) is 4.81. The third-order valence-electron chi connectivity index (χ3n) is 2.34. The Balaban J connectivity index is 2.68. The molecule has 0 aliphatic carbocycles. The van der Waals surface area contributed by atoms with Gasteiger partial charge in [-0.05, 0) is 30.7 Å². The molecule has 0 atom stereocenters. The fourth-order valence-electron chi connectivity index (χ4n) is 1.48. The molecule has 1 heterocycles. The van der Waals surface area contributed by atoms with Crippen molar-refractivity contribution >= 4 is 34.8 Å². The lowest BCUT2D eigenvalue weighted by Crippen LogP contribution is -1.91. The predicted molar refractivity (Wildman–Crippen MR) is 69.4 cm³/mol. The van der Waals surface area contributed by atoms with Gasteiger partial charge in [-0.2, -0.15) is 0 Å². The van der Waals surface area contributed by atoms with Crippen molar-refractivity contribution in [3.8, 4) is 11.3 Å². The summed E-state index contributed by atoms with van der Waals surface area (Å²) in [6, 6.07) is 5.90. The molecule has 0 unspecified atom stereocenters. The highest BCUT2D eigenvalue weighted by atomic mass is 35.5. The van der Waals surface area contributed by atoms with Crippen molar-refractivity contribution in [1.29, 1.82) is 0 Å². The van der Waals surface area contributed by atoms with Crippen molar-refractivity contribution in [3.63, 3.8) is 0 Å². The van der Waals surface area contributed by atoms with E-state index in [2.05, 4.69) is 4.98 Å². The van der Waals surface area contributed by atoms with Crippen LogP contribution in [0.25, 0.3) is 11.3 Å². The molecule has 5 heteroatoms. The molecule has 88 valence electrons. The third kappa shape index (κ3) is 2.54. The number of pyridine rings is 1. The number of aryl methyl sites for hydroxylation is 1. The van der Waals surface area contributed by atoms with E-state index in [-0.39, 0.29) is 16.0 Å². The average molecular weight is 291 g/mol. The van der Waals surface area contributed by atoms with E-state index in [0.717, 1.165) is 5.56 Å². The highest BCUT2D eigenvalue weighted by Gasteiger charge is 2.12. The minimum absolute atomic E-state index is 0.148. The molecule has 1 aromatic carbocycles. The molecule has 0 N–H and O–H groups in total. The van der Waals surface area contributed by atoms with E-state index in [1.807, 2.05) is 6.92 Å². The van der Waals surface area contributed by atoms with Gasteiger partial charge in [-0.3, -0.25) is 0 Å². The number of benzene rings is 1. The predicted octanol–water partition coefficient (Wildman–Crippen LogP) is 5.16. The van der Waals surface area contributed by atoms with Crippen LogP contribution in [0.4, 0.5) is 4.39 Å². The first-order chi connectivity index (χ1) is 7.99. The van der Waals surface area contributed by atoms with Crippen LogP contribution in [0.5, 0.6) is 0 Å². The van der Waals surface area contributed by atoms with Crippen LogP contribution in [0.1, 0.15) is 5.56 Å². The number of nitrogens with zero attached hydrogens (tertiary/aromatic N) is 1.